The molecular weight excluding hydrogens is 332 g/mol. The zero-order valence-corrected chi connectivity index (χ0v) is 14.8. The topological polar surface area (TPSA) is 87.7 Å². The van der Waals surface area contributed by atoms with Crippen LogP contribution in [0.4, 0.5) is 5.69 Å². The lowest BCUT2D eigenvalue weighted by molar-refractivity contribution is -0.139. The smallest absolute Gasteiger partial charge is 0.320 e. The number of carbonyl (C=O) groups is 2. The molecule has 0 fully saturated rings. The summed E-state index contributed by atoms with van der Waals surface area (Å²) < 4.78 is 5.81. The van der Waals surface area contributed by atoms with Crippen LogP contribution in [0.25, 0.3) is 0 Å². The monoisotopic (exact) mass is 356 g/mol. The van der Waals surface area contributed by atoms with Gasteiger partial charge < -0.3 is 20.5 Å². The van der Waals surface area contributed by atoms with Crippen LogP contribution in [-0.4, -0.2) is 29.6 Å². The minimum Gasteiger partial charge on any atom is -0.480 e. The highest BCUT2D eigenvalue weighted by Gasteiger charge is 2.16. The van der Waals surface area contributed by atoms with Crippen LogP contribution in [0.5, 0.6) is 11.5 Å². The molecule has 3 N–H and O–H groups in total. The van der Waals surface area contributed by atoms with E-state index in [-0.39, 0.29) is 12.3 Å². The number of benzene rings is 2. The van der Waals surface area contributed by atoms with Gasteiger partial charge in [0.2, 0.25) is 5.91 Å². The molecule has 0 saturated carbocycles. The number of ether oxygens (including phenoxy) is 1. The molecular formula is C20H24N2O4. The minimum atomic E-state index is -0.895. The first kappa shape index (κ1) is 19.5. The summed E-state index contributed by atoms with van der Waals surface area (Å²) in [7, 11) is 0. The van der Waals surface area contributed by atoms with Crippen molar-refractivity contribution in [2.75, 3.05) is 11.9 Å². The molecule has 6 heteroatoms. The van der Waals surface area contributed by atoms with Crippen molar-refractivity contribution in [1.29, 1.82) is 0 Å². The Bertz CT molecular complexity index is 719. The van der Waals surface area contributed by atoms with Gasteiger partial charge >= 0.3 is 5.97 Å². The average Bonchev–Trinajstić information content (AvgIpc) is 2.63. The van der Waals surface area contributed by atoms with Crippen molar-refractivity contribution in [2.45, 2.75) is 32.2 Å². The molecule has 26 heavy (non-hydrogen) atoms. The largest absolute Gasteiger partial charge is 0.480 e. The third kappa shape index (κ3) is 6.22. The van der Waals surface area contributed by atoms with E-state index >= 15 is 0 Å². The molecule has 2 aromatic rings. The molecule has 138 valence electrons. The molecule has 1 atom stereocenters. The lowest BCUT2D eigenvalue weighted by Crippen LogP contribution is -2.38. The molecule has 2 rings (SSSR count). The second-order valence-corrected chi connectivity index (χ2v) is 5.84. The first-order chi connectivity index (χ1) is 12.6. The summed E-state index contributed by atoms with van der Waals surface area (Å²) in [4.78, 5) is 23.3. The summed E-state index contributed by atoms with van der Waals surface area (Å²) in [5.74, 6) is 0.130. The van der Waals surface area contributed by atoms with Crippen molar-refractivity contribution in [3.8, 4) is 11.5 Å². The van der Waals surface area contributed by atoms with Gasteiger partial charge in [0.1, 0.15) is 11.8 Å². The summed E-state index contributed by atoms with van der Waals surface area (Å²) in [5.41, 5.74) is 0.574. The van der Waals surface area contributed by atoms with E-state index in [9.17, 15) is 9.59 Å². The second kappa shape index (κ2) is 10.2. The Morgan fingerprint density at radius 1 is 1.08 bits per heavy atom. The zero-order valence-electron chi connectivity index (χ0n) is 14.8. The SMILES string of the molecule is CCCC(NCCC(=O)Nc1ccccc1Oc1ccccc1)C(=O)O. The zero-order chi connectivity index (χ0) is 18.8. The predicted molar refractivity (Wildman–Crippen MR) is 101 cm³/mol. The van der Waals surface area contributed by atoms with Gasteiger partial charge in [-0.1, -0.05) is 43.7 Å². The molecule has 0 aliphatic carbocycles. The van der Waals surface area contributed by atoms with Crippen molar-refractivity contribution >= 4 is 17.6 Å². The number of para-hydroxylation sites is 3. The molecule has 0 heterocycles. The second-order valence-electron chi connectivity index (χ2n) is 5.84. The number of hydrogen-bond donors (Lipinski definition) is 3. The maximum absolute atomic E-state index is 12.2. The molecule has 0 radical (unpaired) electrons. The number of carboxylic acids is 1. The van der Waals surface area contributed by atoms with Crippen molar-refractivity contribution < 1.29 is 19.4 Å². The van der Waals surface area contributed by atoms with Gasteiger partial charge in [-0.25, -0.2) is 0 Å². The maximum Gasteiger partial charge on any atom is 0.320 e. The van der Waals surface area contributed by atoms with E-state index in [0.29, 0.717) is 30.2 Å². The maximum atomic E-state index is 12.2. The summed E-state index contributed by atoms with van der Waals surface area (Å²) in [6.07, 6.45) is 1.47. The Morgan fingerprint density at radius 3 is 2.46 bits per heavy atom. The number of carboxylic acid groups (broad SMARTS) is 1. The van der Waals surface area contributed by atoms with Crippen LogP contribution in [-0.2, 0) is 9.59 Å². The molecule has 2 aromatic carbocycles. The Morgan fingerprint density at radius 2 is 1.77 bits per heavy atom. The van der Waals surface area contributed by atoms with Crippen molar-refractivity contribution in [3.63, 3.8) is 0 Å². The Labute approximate surface area is 153 Å². The third-order valence-corrected chi connectivity index (χ3v) is 3.75. The van der Waals surface area contributed by atoms with E-state index in [0.717, 1.165) is 6.42 Å². The highest BCUT2D eigenvalue weighted by molar-refractivity contribution is 5.92. The van der Waals surface area contributed by atoms with Gasteiger partial charge in [0.25, 0.3) is 0 Å². The molecule has 0 aromatic heterocycles. The van der Waals surface area contributed by atoms with Gasteiger partial charge in [0.05, 0.1) is 5.69 Å². The Kier molecular flexibility index (Phi) is 7.64. The fourth-order valence-corrected chi connectivity index (χ4v) is 2.45. The highest BCUT2D eigenvalue weighted by atomic mass is 16.5. The molecule has 6 nitrogen and oxygen atoms in total. The molecule has 0 aliphatic rings. The van der Waals surface area contributed by atoms with E-state index in [2.05, 4.69) is 10.6 Å². The summed E-state index contributed by atoms with van der Waals surface area (Å²) in [6, 6.07) is 15.9. The van der Waals surface area contributed by atoms with Gasteiger partial charge in [-0.15, -0.1) is 0 Å². The van der Waals surface area contributed by atoms with E-state index in [4.69, 9.17) is 9.84 Å². The molecule has 1 amide bonds. The van der Waals surface area contributed by atoms with Crippen LogP contribution in [0.15, 0.2) is 54.6 Å². The standard InChI is InChI=1S/C20H24N2O4/c1-2-8-17(20(24)25)21-14-13-19(23)22-16-11-6-7-12-18(16)26-15-9-4-3-5-10-15/h3-7,9-12,17,21H,2,8,13-14H2,1H3,(H,22,23)(H,24,25). The Hall–Kier alpha value is -2.86. The van der Waals surface area contributed by atoms with E-state index < -0.39 is 12.0 Å². The number of hydrogen-bond acceptors (Lipinski definition) is 4. The minimum absolute atomic E-state index is 0.174. The Balaban J connectivity index is 1.90. The number of rotatable bonds is 10. The number of aliphatic carboxylic acids is 1. The molecule has 0 saturated heterocycles. The summed E-state index contributed by atoms with van der Waals surface area (Å²) in [6.45, 7) is 2.22. The van der Waals surface area contributed by atoms with E-state index in [1.54, 1.807) is 12.1 Å². The van der Waals surface area contributed by atoms with Crippen LogP contribution in [0, 0.1) is 0 Å². The van der Waals surface area contributed by atoms with Crippen LogP contribution >= 0.6 is 0 Å². The first-order valence-electron chi connectivity index (χ1n) is 8.68. The van der Waals surface area contributed by atoms with Crippen molar-refractivity contribution in [2.24, 2.45) is 0 Å². The van der Waals surface area contributed by atoms with E-state index in [1.807, 2.05) is 49.4 Å². The van der Waals surface area contributed by atoms with Crippen LogP contribution in [0.1, 0.15) is 26.2 Å². The molecule has 0 aliphatic heterocycles. The first-order valence-corrected chi connectivity index (χ1v) is 8.68. The van der Waals surface area contributed by atoms with Crippen LogP contribution in [0.3, 0.4) is 0 Å². The van der Waals surface area contributed by atoms with Crippen molar-refractivity contribution in [3.05, 3.63) is 54.6 Å². The molecule has 0 bridgehead atoms. The van der Waals surface area contributed by atoms with Crippen molar-refractivity contribution in [1.82, 2.24) is 5.32 Å². The molecule has 0 spiro atoms. The van der Waals surface area contributed by atoms with Gasteiger partial charge in [-0.3, -0.25) is 9.59 Å². The van der Waals surface area contributed by atoms with Crippen LogP contribution in [0.2, 0.25) is 0 Å². The van der Waals surface area contributed by atoms with Crippen LogP contribution < -0.4 is 15.4 Å². The quantitative estimate of drug-likeness (QED) is 0.605. The van der Waals surface area contributed by atoms with Gasteiger partial charge in [0, 0.05) is 13.0 Å². The number of carbonyl (C=O) groups excluding carboxylic acids is 1. The fraction of sp³-hybridized carbons (Fsp3) is 0.300. The van der Waals surface area contributed by atoms with Gasteiger partial charge in [-0.2, -0.15) is 0 Å². The summed E-state index contributed by atoms with van der Waals surface area (Å²) >= 11 is 0. The summed E-state index contributed by atoms with van der Waals surface area (Å²) in [5, 5.41) is 14.8. The number of anilines is 1. The average molecular weight is 356 g/mol. The number of amides is 1. The third-order valence-electron chi connectivity index (χ3n) is 3.75. The van der Waals surface area contributed by atoms with Gasteiger partial charge in [0.15, 0.2) is 5.75 Å². The normalized spacial score (nSPS) is 11.6. The highest BCUT2D eigenvalue weighted by Crippen LogP contribution is 2.29. The fourth-order valence-electron chi connectivity index (χ4n) is 2.45. The van der Waals surface area contributed by atoms with Gasteiger partial charge in [-0.05, 0) is 30.7 Å². The lowest BCUT2D eigenvalue weighted by atomic mass is 10.1. The van der Waals surface area contributed by atoms with E-state index in [1.165, 1.54) is 0 Å². The predicted octanol–water partition coefficient (Wildman–Crippen LogP) is 3.65. The number of nitrogens with one attached hydrogen (secondary N) is 2. The molecule has 1 unspecified atom stereocenters. The lowest BCUT2D eigenvalue weighted by Gasteiger charge is -2.14.